The number of fused-ring (bicyclic) bond motifs is 1. The molecule has 5 nitrogen and oxygen atoms in total. The van der Waals surface area contributed by atoms with Crippen LogP contribution in [0.4, 0.5) is 0 Å². The third-order valence-electron chi connectivity index (χ3n) is 4.50. The molecule has 2 aliphatic rings. The molecule has 106 valence electrons. The summed E-state index contributed by atoms with van der Waals surface area (Å²) in [6.07, 6.45) is 2.00. The lowest BCUT2D eigenvalue weighted by molar-refractivity contribution is 0.123. The summed E-state index contributed by atoms with van der Waals surface area (Å²) < 4.78 is 5.30. The number of rotatable bonds is 3. The Bertz CT molecular complexity index is 583. The molecule has 0 spiro atoms. The van der Waals surface area contributed by atoms with Crippen molar-refractivity contribution in [2.24, 2.45) is 11.8 Å². The van der Waals surface area contributed by atoms with Crippen molar-refractivity contribution in [2.45, 2.75) is 25.5 Å². The van der Waals surface area contributed by atoms with Crippen molar-refractivity contribution < 1.29 is 9.63 Å². The van der Waals surface area contributed by atoms with Gasteiger partial charge in [0.15, 0.2) is 5.82 Å². The van der Waals surface area contributed by atoms with Crippen LogP contribution in [-0.4, -0.2) is 39.3 Å². The molecule has 4 rings (SSSR count). The molecule has 1 aliphatic heterocycles. The second-order valence-corrected chi connectivity index (χ2v) is 6.57. The van der Waals surface area contributed by atoms with Gasteiger partial charge in [-0.3, -0.25) is 4.90 Å². The number of aliphatic hydroxyl groups is 1. The van der Waals surface area contributed by atoms with Crippen molar-refractivity contribution in [3.05, 3.63) is 22.7 Å². The van der Waals surface area contributed by atoms with Crippen LogP contribution in [0.2, 0.25) is 0 Å². The van der Waals surface area contributed by atoms with Gasteiger partial charge in [0, 0.05) is 24.4 Å². The molecular weight excluding hydrogens is 274 g/mol. The van der Waals surface area contributed by atoms with Gasteiger partial charge < -0.3 is 9.63 Å². The Morgan fingerprint density at radius 3 is 3.15 bits per heavy atom. The molecule has 1 saturated carbocycles. The van der Waals surface area contributed by atoms with Gasteiger partial charge in [-0.15, -0.1) is 0 Å². The SMILES string of the molecule is OC1CCC2CN(Cc3noc(-c4ccsc4)n3)CC12. The van der Waals surface area contributed by atoms with Crippen LogP contribution in [0.25, 0.3) is 11.5 Å². The van der Waals surface area contributed by atoms with Gasteiger partial charge in [-0.25, -0.2) is 0 Å². The standard InChI is InChI=1S/C14H17N3O2S/c18-12-2-1-9-5-17(6-11(9)12)7-13-15-14(19-16-13)10-3-4-20-8-10/h3-4,8-9,11-12,18H,1-2,5-7H2. The number of nitrogens with zero attached hydrogens (tertiary/aromatic N) is 3. The number of hydrogen-bond acceptors (Lipinski definition) is 6. The number of likely N-dealkylation sites (tertiary alicyclic amines) is 1. The molecule has 2 aromatic rings. The number of aliphatic hydroxyl groups excluding tert-OH is 1. The first-order chi connectivity index (χ1) is 9.79. The third kappa shape index (κ3) is 2.17. The number of aromatic nitrogens is 2. The maximum Gasteiger partial charge on any atom is 0.258 e. The molecule has 6 heteroatoms. The van der Waals surface area contributed by atoms with Crippen LogP contribution in [0.1, 0.15) is 18.7 Å². The zero-order valence-electron chi connectivity index (χ0n) is 11.1. The molecule has 0 aromatic carbocycles. The highest BCUT2D eigenvalue weighted by Crippen LogP contribution is 2.38. The summed E-state index contributed by atoms with van der Waals surface area (Å²) in [6, 6.07) is 1.98. The van der Waals surface area contributed by atoms with Crippen molar-refractivity contribution in [2.75, 3.05) is 13.1 Å². The van der Waals surface area contributed by atoms with Crippen molar-refractivity contribution in [3.8, 4) is 11.5 Å². The van der Waals surface area contributed by atoms with Gasteiger partial charge in [-0.05, 0) is 30.2 Å². The topological polar surface area (TPSA) is 62.4 Å². The Hall–Kier alpha value is -1.24. The lowest BCUT2D eigenvalue weighted by atomic mass is 10.00. The Balaban J connectivity index is 1.43. The first-order valence-electron chi connectivity index (χ1n) is 7.05. The fourth-order valence-electron chi connectivity index (χ4n) is 3.48. The van der Waals surface area contributed by atoms with E-state index in [4.69, 9.17) is 4.52 Å². The molecule has 3 unspecified atom stereocenters. The Labute approximate surface area is 121 Å². The molecule has 3 heterocycles. The van der Waals surface area contributed by atoms with Crippen molar-refractivity contribution >= 4 is 11.3 Å². The molecule has 0 amide bonds. The number of hydrogen-bond donors (Lipinski definition) is 1. The maximum atomic E-state index is 9.94. The molecular formula is C14H17N3O2S. The Kier molecular flexibility index (Phi) is 3.09. The number of thiophene rings is 1. The van der Waals surface area contributed by atoms with Crippen LogP contribution < -0.4 is 0 Å². The third-order valence-corrected chi connectivity index (χ3v) is 5.18. The van der Waals surface area contributed by atoms with Crippen LogP contribution in [0.5, 0.6) is 0 Å². The zero-order valence-corrected chi connectivity index (χ0v) is 11.9. The van der Waals surface area contributed by atoms with Crippen LogP contribution in [0.15, 0.2) is 21.3 Å². The molecule has 2 fully saturated rings. The van der Waals surface area contributed by atoms with Gasteiger partial charge in [0.05, 0.1) is 18.2 Å². The summed E-state index contributed by atoms with van der Waals surface area (Å²) in [7, 11) is 0. The molecule has 1 saturated heterocycles. The van der Waals surface area contributed by atoms with Crippen LogP contribution in [0.3, 0.4) is 0 Å². The summed E-state index contributed by atoms with van der Waals surface area (Å²) in [4.78, 5) is 6.79. The lowest BCUT2D eigenvalue weighted by Crippen LogP contribution is -2.24. The summed E-state index contributed by atoms with van der Waals surface area (Å²) in [5, 5.41) is 18.0. The maximum absolute atomic E-state index is 9.94. The second kappa shape index (κ2) is 4.95. The molecule has 20 heavy (non-hydrogen) atoms. The van der Waals surface area contributed by atoms with E-state index in [9.17, 15) is 5.11 Å². The largest absolute Gasteiger partial charge is 0.393 e. The Morgan fingerprint density at radius 1 is 1.40 bits per heavy atom. The average Bonchev–Trinajstić information content (AvgIpc) is 3.17. The Morgan fingerprint density at radius 2 is 2.35 bits per heavy atom. The van der Waals surface area contributed by atoms with Crippen molar-refractivity contribution in [1.82, 2.24) is 15.0 Å². The lowest BCUT2D eigenvalue weighted by Gasteiger charge is -2.15. The van der Waals surface area contributed by atoms with Crippen molar-refractivity contribution in [1.29, 1.82) is 0 Å². The molecule has 1 N–H and O–H groups in total. The predicted molar refractivity (Wildman–Crippen MR) is 75.1 cm³/mol. The minimum atomic E-state index is -0.114. The van der Waals surface area contributed by atoms with Crippen LogP contribution in [-0.2, 0) is 6.54 Å². The first kappa shape index (κ1) is 12.5. The van der Waals surface area contributed by atoms with E-state index < -0.39 is 0 Å². The van der Waals surface area contributed by atoms with E-state index in [1.165, 1.54) is 0 Å². The molecule has 0 radical (unpaired) electrons. The van der Waals surface area contributed by atoms with Gasteiger partial charge in [0.1, 0.15) is 0 Å². The van der Waals surface area contributed by atoms with Gasteiger partial charge in [-0.1, -0.05) is 5.16 Å². The predicted octanol–water partition coefficient (Wildman–Crippen LogP) is 2.00. The van der Waals surface area contributed by atoms with E-state index in [0.717, 1.165) is 37.3 Å². The quantitative estimate of drug-likeness (QED) is 0.937. The summed E-state index contributed by atoms with van der Waals surface area (Å²) in [5.41, 5.74) is 0.988. The highest BCUT2D eigenvalue weighted by atomic mass is 32.1. The second-order valence-electron chi connectivity index (χ2n) is 5.79. The monoisotopic (exact) mass is 291 g/mol. The summed E-state index contributed by atoms with van der Waals surface area (Å²) in [6.45, 7) is 2.71. The first-order valence-corrected chi connectivity index (χ1v) is 7.99. The van der Waals surface area contributed by atoms with Gasteiger partial charge in [0.25, 0.3) is 5.89 Å². The fraction of sp³-hybridized carbons (Fsp3) is 0.571. The molecule has 2 aromatic heterocycles. The van der Waals surface area contributed by atoms with Crippen LogP contribution in [0, 0.1) is 11.8 Å². The van der Waals surface area contributed by atoms with E-state index in [2.05, 4.69) is 15.0 Å². The van der Waals surface area contributed by atoms with Gasteiger partial charge in [0.2, 0.25) is 0 Å². The fourth-order valence-corrected chi connectivity index (χ4v) is 4.11. The van der Waals surface area contributed by atoms with E-state index in [1.54, 1.807) is 11.3 Å². The molecule has 3 atom stereocenters. The summed E-state index contributed by atoms with van der Waals surface area (Å²) >= 11 is 1.62. The minimum absolute atomic E-state index is 0.114. The van der Waals surface area contributed by atoms with E-state index in [1.807, 2.05) is 16.8 Å². The minimum Gasteiger partial charge on any atom is -0.393 e. The smallest absolute Gasteiger partial charge is 0.258 e. The van der Waals surface area contributed by atoms with Gasteiger partial charge in [-0.2, -0.15) is 16.3 Å². The normalized spacial score (nSPS) is 29.9. The van der Waals surface area contributed by atoms with E-state index >= 15 is 0 Å². The average molecular weight is 291 g/mol. The highest BCUT2D eigenvalue weighted by Gasteiger charge is 2.41. The molecule has 1 aliphatic carbocycles. The highest BCUT2D eigenvalue weighted by molar-refractivity contribution is 7.08. The van der Waals surface area contributed by atoms with Gasteiger partial charge >= 0.3 is 0 Å². The molecule has 0 bridgehead atoms. The van der Waals surface area contributed by atoms with E-state index in [-0.39, 0.29) is 6.10 Å². The summed E-state index contributed by atoms with van der Waals surface area (Å²) in [5.74, 6) is 2.42. The van der Waals surface area contributed by atoms with Crippen molar-refractivity contribution in [3.63, 3.8) is 0 Å². The van der Waals surface area contributed by atoms with Crippen LogP contribution >= 0.6 is 11.3 Å². The zero-order chi connectivity index (χ0) is 13.5. The van der Waals surface area contributed by atoms with E-state index in [0.29, 0.717) is 24.3 Å².